The fourth-order valence-corrected chi connectivity index (χ4v) is 6.93. The standard InChI is InChI=1S/C46H80N2O2/c1-5-9-13-15-17-23-35-47(33-11-7-3)37-25-27-39-49-41-43-29-19-21-31-45(43)46-32-22-20-30-44(46)42-50-40-28-26-38-48(34-12-8-4)36-24-18-16-14-10-6-2/h19-22,29-32H,5-18,23-28,33-42H2,1-4H3. The van der Waals surface area contributed by atoms with Gasteiger partial charge in [-0.2, -0.15) is 0 Å². The predicted octanol–water partition coefficient (Wildman–Crippen LogP) is 12.9. The number of nitrogens with zero attached hydrogens (tertiary/aromatic N) is 2. The van der Waals surface area contributed by atoms with Crippen LogP contribution in [0.15, 0.2) is 48.5 Å². The first kappa shape index (κ1) is 44.4. The minimum Gasteiger partial charge on any atom is -0.377 e. The van der Waals surface area contributed by atoms with Crippen LogP contribution in [0, 0.1) is 0 Å². The second-order valence-corrected chi connectivity index (χ2v) is 14.8. The van der Waals surface area contributed by atoms with Gasteiger partial charge in [0.1, 0.15) is 0 Å². The molecule has 50 heavy (non-hydrogen) atoms. The van der Waals surface area contributed by atoms with Crippen LogP contribution in [-0.4, -0.2) is 62.3 Å². The van der Waals surface area contributed by atoms with Gasteiger partial charge in [-0.1, -0.05) is 153 Å². The molecular weight excluding hydrogens is 613 g/mol. The zero-order valence-corrected chi connectivity index (χ0v) is 33.5. The van der Waals surface area contributed by atoms with Gasteiger partial charge in [0.15, 0.2) is 0 Å². The lowest BCUT2D eigenvalue weighted by Crippen LogP contribution is -2.27. The van der Waals surface area contributed by atoms with Crippen molar-refractivity contribution in [2.75, 3.05) is 52.5 Å². The number of hydrogen-bond donors (Lipinski definition) is 0. The zero-order valence-electron chi connectivity index (χ0n) is 33.5. The molecule has 2 aromatic carbocycles. The van der Waals surface area contributed by atoms with Gasteiger partial charge in [0, 0.05) is 13.2 Å². The van der Waals surface area contributed by atoms with Gasteiger partial charge >= 0.3 is 0 Å². The SMILES string of the molecule is CCCCCCCCN(CCCC)CCCCOCc1ccccc1-c1ccccc1COCCCCN(CCCC)CCCCCCCC. The lowest BCUT2D eigenvalue weighted by atomic mass is 9.96. The Labute approximate surface area is 311 Å². The van der Waals surface area contributed by atoms with Crippen molar-refractivity contribution in [2.45, 2.75) is 169 Å². The quantitative estimate of drug-likeness (QED) is 0.0671. The predicted molar refractivity (Wildman–Crippen MR) is 219 cm³/mol. The molecule has 4 nitrogen and oxygen atoms in total. The van der Waals surface area contributed by atoms with Crippen LogP contribution < -0.4 is 0 Å². The van der Waals surface area contributed by atoms with E-state index in [1.165, 1.54) is 177 Å². The normalized spacial score (nSPS) is 11.7. The summed E-state index contributed by atoms with van der Waals surface area (Å²) in [5.74, 6) is 0. The Morgan fingerprint density at radius 1 is 0.360 bits per heavy atom. The van der Waals surface area contributed by atoms with Gasteiger partial charge in [-0.05, 0) is 113 Å². The molecule has 0 radical (unpaired) electrons. The van der Waals surface area contributed by atoms with Crippen molar-refractivity contribution in [1.82, 2.24) is 9.80 Å². The molecule has 2 aromatic rings. The number of rotatable bonds is 35. The summed E-state index contributed by atoms with van der Waals surface area (Å²) in [7, 11) is 0. The molecule has 0 aromatic heterocycles. The van der Waals surface area contributed by atoms with E-state index in [1.54, 1.807) is 0 Å². The largest absolute Gasteiger partial charge is 0.377 e. The first-order valence-corrected chi connectivity index (χ1v) is 21.5. The highest BCUT2D eigenvalue weighted by Crippen LogP contribution is 2.28. The summed E-state index contributed by atoms with van der Waals surface area (Å²) in [6, 6.07) is 17.6. The van der Waals surface area contributed by atoms with Crippen molar-refractivity contribution in [2.24, 2.45) is 0 Å². The van der Waals surface area contributed by atoms with Crippen LogP contribution in [0.25, 0.3) is 11.1 Å². The van der Waals surface area contributed by atoms with Crippen LogP contribution in [0.5, 0.6) is 0 Å². The molecule has 0 unspecified atom stereocenters. The van der Waals surface area contributed by atoms with Crippen molar-refractivity contribution in [3.8, 4) is 11.1 Å². The average molecular weight is 693 g/mol. The Balaban J connectivity index is 1.74. The van der Waals surface area contributed by atoms with Crippen LogP contribution in [0.4, 0.5) is 0 Å². The Hall–Kier alpha value is -1.72. The van der Waals surface area contributed by atoms with E-state index < -0.39 is 0 Å². The maximum absolute atomic E-state index is 6.28. The molecule has 0 aliphatic heterocycles. The van der Waals surface area contributed by atoms with Crippen molar-refractivity contribution < 1.29 is 9.47 Å². The fraction of sp³-hybridized carbons (Fsp3) is 0.739. The number of hydrogen-bond acceptors (Lipinski definition) is 4. The number of unbranched alkanes of at least 4 members (excludes halogenated alkanes) is 14. The monoisotopic (exact) mass is 693 g/mol. The highest BCUT2D eigenvalue weighted by molar-refractivity contribution is 5.70. The van der Waals surface area contributed by atoms with Crippen LogP contribution >= 0.6 is 0 Å². The average Bonchev–Trinajstić information content (AvgIpc) is 3.14. The molecule has 0 saturated heterocycles. The molecule has 0 N–H and O–H groups in total. The summed E-state index contributed by atoms with van der Waals surface area (Å²) in [6.07, 6.45) is 26.4. The summed E-state index contributed by atoms with van der Waals surface area (Å²) in [6.45, 7) is 19.6. The molecule has 0 saturated carbocycles. The maximum atomic E-state index is 6.28. The van der Waals surface area contributed by atoms with Crippen LogP contribution in [0.3, 0.4) is 0 Å². The Bertz CT molecular complexity index is 945. The molecule has 0 amide bonds. The van der Waals surface area contributed by atoms with Crippen LogP contribution in [-0.2, 0) is 22.7 Å². The maximum Gasteiger partial charge on any atom is 0.0722 e. The van der Waals surface area contributed by atoms with Crippen molar-refractivity contribution >= 4 is 0 Å². The summed E-state index contributed by atoms with van der Waals surface area (Å²) in [5.41, 5.74) is 5.09. The fourth-order valence-electron chi connectivity index (χ4n) is 6.93. The second kappa shape index (κ2) is 32.0. The van der Waals surface area contributed by atoms with E-state index in [0.29, 0.717) is 13.2 Å². The molecule has 4 heteroatoms. The third-order valence-corrected chi connectivity index (χ3v) is 10.2. The van der Waals surface area contributed by atoms with E-state index in [0.717, 1.165) is 26.1 Å². The van der Waals surface area contributed by atoms with E-state index in [9.17, 15) is 0 Å². The van der Waals surface area contributed by atoms with Crippen molar-refractivity contribution in [3.63, 3.8) is 0 Å². The van der Waals surface area contributed by atoms with E-state index in [-0.39, 0.29) is 0 Å². The first-order chi connectivity index (χ1) is 24.7. The van der Waals surface area contributed by atoms with Gasteiger partial charge in [0.2, 0.25) is 0 Å². The van der Waals surface area contributed by atoms with Gasteiger partial charge in [0.05, 0.1) is 13.2 Å². The molecule has 0 aliphatic carbocycles. The Morgan fingerprint density at radius 2 is 0.680 bits per heavy atom. The highest BCUT2D eigenvalue weighted by atomic mass is 16.5. The molecule has 286 valence electrons. The van der Waals surface area contributed by atoms with E-state index in [4.69, 9.17) is 9.47 Å². The van der Waals surface area contributed by atoms with E-state index >= 15 is 0 Å². The number of benzene rings is 2. The van der Waals surface area contributed by atoms with Gasteiger partial charge < -0.3 is 19.3 Å². The van der Waals surface area contributed by atoms with Crippen LogP contribution in [0.1, 0.15) is 167 Å². The summed E-state index contributed by atoms with van der Waals surface area (Å²) >= 11 is 0. The molecule has 0 spiro atoms. The minimum absolute atomic E-state index is 0.663. The second-order valence-electron chi connectivity index (χ2n) is 14.8. The van der Waals surface area contributed by atoms with Gasteiger partial charge in [-0.3, -0.25) is 0 Å². The molecule has 0 heterocycles. The highest BCUT2D eigenvalue weighted by Gasteiger charge is 2.11. The van der Waals surface area contributed by atoms with E-state index in [1.807, 2.05) is 0 Å². The summed E-state index contributed by atoms with van der Waals surface area (Å²) in [4.78, 5) is 5.41. The summed E-state index contributed by atoms with van der Waals surface area (Å²) < 4.78 is 12.6. The van der Waals surface area contributed by atoms with Crippen molar-refractivity contribution in [3.05, 3.63) is 59.7 Å². The lowest BCUT2D eigenvalue weighted by Gasteiger charge is -2.22. The summed E-state index contributed by atoms with van der Waals surface area (Å²) in [5, 5.41) is 0. The molecule has 2 rings (SSSR count). The zero-order chi connectivity index (χ0) is 35.7. The van der Waals surface area contributed by atoms with Gasteiger partial charge in [-0.15, -0.1) is 0 Å². The lowest BCUT2D eigenvalue weighted by molar-refractivity contribution is 0.113. The molecule has 0 fully saturated rings. The van der Waals surface area contributed by atoms with Gasteiger partial charge in [0.25, 0.3) is 0 Å². The Kier molecular flexibility index (Phi) is 28.4. The molecular formula is C46H80N2O2. The van der Waals surface area contributed by atoms with Crippen molar-refractivity contribution in [1.29, 1.82) is 0 Å². The molecule has 0 aliphatic rings. The molecule has 0 bridgehead atoms. The van der Waals surface area contributed by atoms with Crippen LogP contribution in [0.2, 0.25) is 0 Å². The van der Waals surface area contributed by atoms with E-state index in [2.05, 4.69) is 86.0 Å². The minimum atomic E-state index is 0.663. The first-order valence-electron chi connectivity index (χ1n) is 21.5. The smallest absolute Gasteiger partial charge is 0.0722 e. The third kappa shape index (κ3) is 21.6. The topological polar surface area (TPSA) is 24.9 Å². The van der Waals surface area contributed by atoms with Gasteiger partial charge in [-0.25, -0.2) is 0 Å². The molecule has 0 atom stereocenters. The Morgan fingerprint density at radius 3 is 1.08 bits per heavy atom. The third-order valence-electron chi connectivity index (χ3n) is 10.2. The number of ether oxygens (including phenoxy) is 2.